The monoisotopic (exact) mass is 514 g/mol. The molecule has 2 heterocycles. The molecule has 9 nitrogen and oxygen atoms in total. The van der Waals surface area contributed by atoms with Crippen molar-refractivity contribution in [3.05, 3.63) is 48.5 Å². The molecule has 0 saturated heterocycles. The van der Waals surface area contributed by atoms with Gasteiger partial charge in [0.1, 0.15) is 17.6 Å². The van der Waals surface area contributed by atoms with Crippen LogP contribution >= 0.6 is 18.9 Å². The fraction of sp³-hybridized carbons (Fsp3) is 0.250. The topological polar surface area (TPSA) is 142 Å². The number of furan rings is 1. The van der Waals surface area contributed by atoms with Gasteiger partial charge in [0.25, 0.3) is 0 Å². The number of rotatable bonds is 8. The Labute approximate surface area is 204 Å². The summed E-state index contributed by atoms with van der Waals surface area (Å²) in [5.74, 6) is 0.685. The van der Waals surface area contributed by atoms with Gasteiger partial charge in [0, 0.05) is 11.5 Å². The molecule has 1 saturated carbocycles. The highest BCUT2D eigenvalue weighted by molar-refractivity contribution is 7.59. The molecule has 0 spiro atoms. The molecule has 2 aromatic carbocycles. The third-order valence-corrected chi connectivity index (χ3v) is 7.45. The van der Waals surface area contributed by atoms with Gasteiger partial charge in [0.05, 0.1) is 22.4 Å². The number of hydrogen-bond acceptors (Lipinski definition) is 7. The molecule has 35 heavy (non-hydrogen) atoms. The van der Waals surface area contributed by atoms with Gasteiger partial charge in [0.15, 0.2) is 5.13 Å². The normalized spacial score (nSPS) is 14.7. The Kier molecular flexibility index (Phi) is 6.25. The minimum absolute atomic E-state index is 0.00826. The number of benzene rings is 2. The Morgan fingerprint density at radius 1 is 1.23 bits per heavy atom. The molecule has 2 aromatic heterocycles. The first-order valence-electron chi connectivity index (χ1n) is 11.0. The highest BCUT2D eigenvalue weighted by Gasteiger charge is 2.30. The van der Waals surface area contributed by atoms with E-state index in [-0.39, 0.29) is 24.2 Å². The van der Waals surface area contributed by atoms with E-state index in [4.69, 9.17) is 9.15 Å². The zero-order chi connectivity index (χ0) is 24.7. The number of anilines is 1. The van der Waals surface area contributed by atoms with E-state index in [0.717, 1.165) is 34.2 Å². The maximum absolute atomic E-state index is 12.2. The molecule has 0 radical (unpaired) electrons. The molecule has 4 aromatic rings. The first kappa shape index (κ1) is 23.7. The van der Waals surface area contributed by atoms with Crippen molar-refractivity contribution in [1.82, 2.24) is 4.98 Å². The number of carbonyl (C=O) groups is 1. The van der Waals surface area contributed by atoms with Crippen LogP contribution in [0, 0.1) is 5.92 Å². The van der Waals surface area contributed by atoms with Gasteiger partial charge in [-0.25, -0.2) is 4.98 Å². The van der Waals surface area contributed by atoms with Gasteiger partial charge < -0.3 is 29.4 Å². The Bertz CT molecular complexity index is 1450. The molecular formula is C24H23N2O7PS. The zero-order valence-electron chi connectivity index (χ0n) is 18.7. The third kappa shape index (κ3) is 5.03. The van der Waals surface area contributed by atoms with Crippen LogP contribution in [-0.4, -0.2) is 38.5 Å². The van der Waals surface area contributed by atoms with Crippen LogP contribution < -0.4 is 15.6 Å². The minimum atomic E-state index is -4.57. The fourth-order valence-electron chi connectivity index (χ4n) is 3.66. The molecule has 1 atom stereocenters. The summed E-state index contributed by atoms with van der Waals surface area (Å²) >= 11 is 1.39. The van der Waals surface area contributed by atoms with Crippen molar-refractivity contribution in [2.45, 2.75) is 25.9 Å². The predicted molar refractivity (Wildman–Crippen MR) is 133 cm³/mol. The van der Waals surface area contributed by atoms with E-state index in [1.165, 1.54) is 23.5 Å². The predicted octanol–water partition coefficient (Wildman–Crippen LogP) is 4.13. The summed E-state index contributed by atoms with van der Waals surface area (Å²) in [4.78, 5) is 35.7. The quantitative estimate of drug-likeness (QED) is 0.257. The van der Waals surface area contributed by atoms with Gasteiger partial charge in [-0.05, 0) is 55.7 Å². The molecule has 1 aliphatic rings. The molecule has 1 fully saturated rings. The maximum atomic E-state index is 12.2. The minimum Gasteiger partial charge on any atom is -0.488 e. The van der Waals surface area contributed by atoms with Crippen LogP contribution in [0.15, 0.2) is 52.9 Å². The number of fused-ring (bicyclic) bond motifs is 1. The second-order valence-electron chi connectivity index (χ2n) is 8.44. The molecule has 11 heteroatoms. The number of thiazole rings is 1. The fourth-order valence-corrected chi connectivity index (χ4v) is 5.15. The molecule has 1 aliphatic carbocycles. The maximum Gasteiger partial charge on any atom is 0.391 e. The first-order valence-corrected chi connectivity index (χ1v) is 13.4. The molecule has 1 unspecified atom stereocenters. The number of nitrogens with one attached hydrogen (secondary N) is 1. The van der Waals surface area contributed by atoms with Gasteiger partial charge >= 0.3 is 7.60 Å². The van der Waals surface area contributed by atoms with E-state index in [9.17, 15) is 24.3 Å². The van der Waals surface area contributed by atoms with E-state index in [1.807, 2.05) is 24.3 Å². The van der Waals surface area contributed by atoms with Crippen LogP contribution in [0.5, 0.6) is 5.75 Å². The second kappa shape index (κ2) is 9.22. The van der Waals surface area contributed by atoms with Crippen LogP contribution in [0.2, 0.25) is 0 Å². The first-order chi connectivity index (χ1) is 16.7. The van der Waals surface area contributed by atoms with Crippen molar-refractivity contribution in [3.8, 4) is 28.2 Å². The summed E-state index contributed by atoms with van der Waals surface area (Å²) in [7, 11) is -4.57. The number of carbonyl (C=O) groups excluding carboxylic acids is 1. The van der Waals surface area contributed by atoms with Crippen LogP contribution in [0.25, 0.3) is 32.7 Å². The Balaban J connectivity index is 1.57. The summed E-state index contributed by atoms with van der Waals surface area (Å²) in [6.45, 7) is 1.50. The lowest BCUT2D eigenvalue weighted by Gasteiger charge is -2.16. The summed E-state index contributed by atoms with van der Waals surface area (Å²) in [5.41, 5.74) is 2.45. The summed E-state index contributed by atoms with van der Waals surface area (Å²) < 4.78 is 23.9. The standard InChI is InChI=1S/C24H23N2O7PS/c1-13(12-27)32-19-8-7-15(11-17(19)20-9-10-21(33-20)34(29,30)31)16-3-2-4-18-22(16)35-24(25-18)26-23(28)14-5-6-14/h2-4,7-11,13-14,27H,5-6,12H2,1H3,(H,25,26,28)(H2,29,30,31). The lowest BCUT2D eigenvalue weighted by molar-refractivity contribution is -0.117. The smallest absolute Gasteiger partial charge is 0.391 e. The molecule has 5 rings (SSSR count). The highest BCUT2D eigenvalue weighted by Crippen LogP contribution is 2.42. The SMILES string of the molecule is CC(CO)Oc1ccc(-c2cccc3nc(NC(=O)C4CC4)sc23)cc1-c1ccc(P(=O)(O)O)o1. The highest BCUT2D eigenvalue weighted by atomic mass is 32.1. The Morgan fingerprint density at radius 3 is 2.71 bits per heavy atom. The number of amides is 1. The number of aliphatic hydroxyl groups is 1. The van der Waals surface area contributed by atoms with E-state index in [1.54, 1.807) is 19.1 Å². The van der Waals surface area contributed by atoms with Gasteiger partial charge in [-0.2, -0.15) is 0 Å². The molecule has 0 bridgehead atoms. The van der Waals surface area contributed by atoms with E-state index in [2.05, 4.69) is 10.3 Å². The number of aromatic nitrogens is 1. The van der Waals surface area contributed by atoms with Crippen molar-refractivity contribution in [2.24, 2.45) is 5.92 Å². The number of ether oxygens (including phenoxy) is 1. The average molecular weight is 514 g/mol. The van der Waals surface area contributed by atoms with E-state index >= 15 is 0 Å². The lowest BCUT2D eigenvalue weighted by Crippen LogP contribution is -2.16. The Hall–Kier alpha value is -3.01. The van der Waals surface area contributed by atoms with Gasteiger partial charge in [-0.1, -0.05) is 29.5 Å². The third-order valence-electron chi connectivity index (χ3n) is 5.61. The van der Waals surface area contributed by atoms with Crippen LogP contribution in [0.1, 0.15) is 19.8 Å². The van der Waals surface area contributed by atoms with Crippen molar-refractivity contribution >= 4 is 45.7 Å². The van der Waals surface area contributed by atoms with Crippen molar-refractivity contribution < 1.29 is 33.4 Å². The molecular weight excluding hydrogens is 491 g/mol. The molecule has 1 amide bonds. The van der Waals surface area contributed by atoms with Crippen molar-refractivity contribution in [3.63, 3.8) is 0 Å². The second-order valence-corrected chi connectivity index (χ2v) is 11.0. The van der Waals surface area contributed by atoms with E-state index < -0.39 is 19.2 Å². The summed E-state index contributed by atoms with van der Waals surface area (Å²) in [6.07, 6.45) is 1.31. The largest absolute Gasteiger partial charge is 0.488 e. The van der Waals surface area contributed by atoms with E-state index in [0.29, 0.717) is 16.4 Å². The van der Waals surface area contributed by atoms with Gasteiger partial charge in [-0.3, -0.25) is 9.36 Å². The number of hydrogen-bond donors (Lipinski definition) is 4. The van der Waals surface area contributed by atoms with Crippen LogP contribution in [0.3, 0.4) is 0 Å². The molecule has 182 valence electrons. The van der Waals surface area contributed by atoms with Crippen LogP contribution in [-0.2, 0) is 9.36 Å². The molecule has 0 aliphatic heterocycles. The van der Waals surface area contributed by atoms with Crippen LogP contribution in [0.4, 0.5) is 5.13 Å². The van der Waals surface area contributed by atoms with Gasteiger partial charge in [0.2, 0.25) is 11.4 Å². The van der Waals surface area contributed by atoms with Gasteiger partial charge in [-0.15, -0.1) is 0 Å². The lowest BCUT2D eigenvalue weighted by atomic mass is 10.0. The zero-order valence-corrected chi connectivity index (χ0v) is 20.4. The summed E-state index contributed by atoms with van der Waals surface area (Å²) in [5, 5.41) is 12.9. The Morgan fingerprint density at radius 2 is 2.03 bits per heavy atom. The number of nitrogens with zero attached hydrogens (tertiary/aromatic N) is 1. The molecule has 4 N–H and O–H groups in total. The summed E-state index contributed by atoms with van der Waals surface area (Å²) in [6, 6.07) is 13.8. The van der Waals surface area contributed by atoms with Crippen molar-refractivity contribution in [2.75, 3.05) is 11.9 Å². The van der Waals surface area contributed by atoms with Crippen molar-refractivity contribution in [1.29, 1.82) is 0 Å². The number of aliphatic hydroxyl groups excluding tert-OH is 1. The average Bonchev–Trinajstić information content (AvgIpc) is 3.40.